The number of phenolic OH excluding ortho intramolecular Hbond substituents is 1. The zero-order chi connectivity index (χ0) is 14.2. The van der Waals surface area contributed by atoms with E-state index in [-0.39, 0.29) is 17.2 Å². The predicted molar refractivity (Wildman–Crippen MR) is 62.8 cm³/mol. The molecule has 0 aromatic heterocycles. The van der Waals surface area contributed by atoms with Crippen molar-refractivity contribution in [1.82, 2.24) is 0 Å². The van der Waals surface area contributed by atoms with Crippen LogP contribution in [-0.4, -0.2) is 29.1 Å². The van der Waals surface area contributed by atoms with E-state index in [0.29, 0.717) is 12.0 Å². The molecule has 1 aromatic rings. The van der Waals surface area contributed by atoms with E-state index >= 15 is 0 Å². The van der Waals surface area contributed by atoms with Crippen LogP contribution in [-0.2, 0) is 20.7 Å². The molecule has 0 bridgehead atoms. The van der Waals surface area contributed by atoms with Crippen LogP contribution in [0.3, 0.4) is 0 Å². The van der Waals surface area contributed by atoms with Gasteiger partial charge >= 0.3 is 17.9 Å². The van der Waals surface area contributed by atoms with Gasteiger partial charge in [0, 0.05) is 13.3 Å². The molecule has 1 aliphatic rings. The maximum Gasteiger partial charge on any atom is 0.349 e. The number of benzene rings is 1. The molecule has 0 saturated carbocycles. The number of aromatic hydroxyl groups is 1. The number of carbonyl (C=O) groups is 3. The van der Waals surface area contributed by atoms with Gasteiger partial charge in [-0.25, -0.2) is 9.59 Å². The first-order chi connectivity index (χ1) is 8.90. The second-order valence-corrected chi connectivity index (χ2v) is 4.30. The SMILES string of the molecule is CC(=O)OC(=O)c1ccc2c(c1O)C(=O)OC(C)C2. The lowest BCUT2D eigenvalue weighted by Crippen LogP contribution is -2.26. The first-order valence-electron chi connectivity index (χ1n) is 5.68. The fourth-order valence-corrected chi connectivity index (χ4v) is 1.97. The molecule has 0 radical (unpaired) electrons. The van der Waals surface area contributed by atoms with Gasteiger partial charge in [-0.1, -0.05) is 6.07 Å². The first kappa shape index (κ1) is 13.1. The van der Waals surface area contributed by atoms with E-state index in [1.807, 2.05) is 0 Å². The summed E-state index contributed by atoms with van der Waals surface area (Å²) in [7, 11) is 0. The monoisotopic (exact) mass is 264 g/mol. The fraction of sp³-hybridized carbons (Fsp3) is 0.308. The third kappa shape index (κ3) is 2.42. The highest BCUT2D eigenvalue weighted by Gasteiger charge is 2.30. The van der Waals surface area contributed by atoms with Gasteiger partial charge in [0.15, 0.2) is 0 Å². The van der Waals surface area contributed by atoms with Gasteiger partial charge in [-0.05, 0) is 18.6 Å². The van der Waals surface area contributed by atoms with Crippen LogP contribution >= 0.6 is 0 Å². The zero-order valence-corrected chi connectivity index (χ0v) is 10.4. The summed E-state index contributed by atoms with van der Waals surface area (Å²) in [6.45, 7) is 2.80. The van der Waals surface area contributed by atoms with Crippen molar-refractivity contribution in [1.29, 1.82) is 0 Å². The Morgan fingerprint density at radius 3 is 2.74 bits per heavy atom. The van der Waals surface area contributed by atoms with Crippen molar-refractivity contribution in [3.8, 4) is 5.75 Å². The lowest BCUT2D eigenvalue weighted by atomic mass is 9.96. The Morgan fingerprint density at radius 1 is 1.42 bits per heavy atom. The van der Waals surface area contributed by atoms with Crippen molar-refractivity contribution in [2.45, 2.75) is 26.4 Å². The Bertz CT molecular complexity index is 575. The Hall–Kier alpha value is -2.37. The molecule has 2 rings (SSSR count). The summed E-state index contributed by atoms with van der Waals surface area (Å²) >= 11 is 0. The largest absolute Gasteiger partial charge is 0.506 e. The molecule has 0 fully saturated rings. The van der Waals surface area contributed by atoms with Gasteiger partial charge in [0.1, 0.15) is 23.0 Å². The molecule has 0 aliphatic carbocycles. The maximum atomic E-state index is 11.7. The number of rotatable bonds is 1. The molecule has 1 aromatic carbocycles. The van der Waals surface area contributed by atoms with Gasteiger partial charge in [-0.15, -0.1) is 0 Å². The number of phenols is 1. The number of hydrogen-bond donors (Lipinski definition) is 1. The van der Waals surface area contributed by atoms with Gasteiger partial charge in [-0.2, -0.15) is 0 Å². The minimum absolute atomic E-state index is 0.0453. The van der Waals surface area contributed by atoms with E-state index in [9.17, 15) is 19.5 Å². The maximum absolute atomic E-state index is 11.7. The Labute approximate surface area is 108 Å². The third-order valence-electron chi connectivity index (χ3n) is 2.74. The van der Waals surface area contributed by atoms with Crippen molar-refractivity contribution in [2.24, 2.45) is 0 Å². The molecule has 6 nitrogen and oxygen atoms in total. The molecule has 0 amide bonds. The summed E-state index contributed by atoms with van der Waals surface area (Å²) in [5.74, 6) is -3.00. The minimum Gasteiger partial charge on any atom is -0.506 e. The normalized spacial score (nSPS) is 17.4. The summed E-state index contributed by atoms with van der Waals surface area (Å²) in [4.78, 5) is 34.0. The average molecular weight is 264 g/mol. The second kappa shape index (κ2) is 4.72. The number of carbonyl (C=O) groups excluding carboxylic acids is 3. The number of fused-ring (bicyclic) bond motifs is 1. The second-order valence-electron chi connectivity index (χ2n) is 4.30. The molecule has 0 spiro atoms. The highest BCUT2D eigenvalue weighted by atomic mass is 16.6. The molecular formula is C13H12O6. The van der Waals surface area contributed by atoms with E-state index in [4.69, 9.17) is 4.74 Å². The molecule has 19 heavy (non-hydrogen) atoms. The molecule has 1 heterocycles. The van der Waals surface area contributed by atoms with Crippen LogP contribution in [0.5, 0.6) is 5.75 Å². The summed E-state index contributed by atoms with van der Waals surface area (Å²) in [5.41, 5.74) is 0.317. The summed E-state index contributed by atoms with van der Waals surface area (Å²) in [5, 5.41) is 9.96. The van der Waals surface area contributed by atoms with Crippen molar-refractivity contribution in [3.63, 3.8) is 0 Å². The van der Waals surface area contributed by atoms with Crippen LogP contribution in [0, 0.1) is 0 Å². The summed E-state index contributed by atoms with van der Waals surface area (Å²) < 4.78 is 9.37. The van der Waals surface area contributed by atoms with Crippen molar-refractivity contribution in [3.05, 3.63) is 28.8 Å². The van der Waals surface area contributed by atoms with Crippen LogP contribution in [0.4, 0.5) is 0 Å². The fourth-order valence-electron chi connectivity index (χ4n) is 1.97. The average Bonchev–Trinajstić information content (AvgIpc) is 2.26. The number of hydrogen-bond acceptors (Lipinski definition) is 6. The smallest absolute Gasteiger partial charge is 0.349 e. The quantitative estimate of drug-likeness (QED) is 0.605. The van der Waals surface area contributed by atoms with Crippen LogP contribution in [0.2, 0.25) is 0 Å². The molecule has 0 saturated heterocycles. The highest BCUT2D eigenvalue weighted by molar-refractivity contribution is 6.03. The van der Waals surface area contributed by atoms with Crippen LogP contribution in [0.25, 0.3) is 0 Å². The van der Waals surface area contributed by atoms with Gasteiger partial charge in [-0.3, -0.25) is 4.79 Å². The molecule has 1 unspecified atom stereocenters. The third-order valence-corrected chi connectivity index (χ3v) is 2.74. The first-order valence-corrected chi connectivity index (χ1v) is 5.68. The van der Waals surface area contributed by atoms with Crippen LogP contribution < -0.4 is 0 Å². The molecule has 6 heteroatoms. The van der Waals surface area contributed by atoms with Crippen LogP contribution in [0.15, 0.2) is 12.1 Å². The molecule has 1 aliphatic heterocycles. The Kier molecular flexibility index (Phi) is 3.25. The van der Waals surface area contributed by atoms with Gasteiger partial charge in [0.2, 0.25) is 0 Å². The van der Waals surface area contributed by atoms with Gasteiger partial charge in [0.05, 0.1) is 0 Å². The molecule has 1 atom stereocenters. The number of esters is 3. The predicted octanol–water partition coefficient (Wildman–Crippen LogP) is 1.20. The Morgan fingerprint density at radius 2 is 2.11 bits per heavy atom. The van der Waals surface area contributed by atoms with Crippen LogP contribution in [0.1, 0.15) is 40.1 Å². The van der Waals surface area contributed by atoms with E-state index in [2.05, 4.69) is 4.74 Å². The number of cyclic esters (lactones) is 1. The van der Waals surface area contributed by atoms with E-state index in [1.165, 1.54) is 6.07 Å². The van der Waals surface area contributed by atoms with Gasteiger partial charge < -0.3 is 14.6 Å². The zero-order valence-electron chi connectivity index (χ0n) is 10.4. The molecular weight excluding hydrogens is 252 g/mol. The van der Waals surface area contributed by atoms with Crippen molar-refractivity contribution < 1.29 is 29.0 Å². The topological polar surface area (TPSA) is 89.9 Å². The molecule has 100 valence electrons. The Balaban J connectivity index is 2.45. The van der Waals surface area contributed by atoms with Crippen molar-refractivity contribution >= 4 is 17.9 Å². The lowest BCUT2D eigenvalue weighted by molar-refractivity contribution is -0.135. The van der Waals surface area contributed by atoms with Crippen molar-refractivity contribution in [2.75, 3.05) is 0 Å². The van der Waals surface area contributed by atoms with E-state index in [0.717, 1.165) is 6.92 Å². The summed E-state index contributed by atoms with van der Waals surface area (Å²) in [6, 6.07) is 2.87. The molecule has 1 N–H and O–H groups in total. The highest BCUT2D eigenvalue weighted by Crippen LogP contribution is 2.31. The standard InChI is InChI=1S/C13H12O6/c1-6-5-8-3-4-9(12(16)19-7(2)14)11(15)10(8)13(17)18-6/h3-4,6,15H,5H2,1-2H3. The summed E-state index contributed by atoms with van der Waals surface area (Å²) in [6.07, 6.45) is 0.172. The van der Waals surface area contributed by atoms with E-state index in [1.54, 1.807) is 13.0 Å². The number of ether oxygens (including phenoxy) is 2. The lowest BCUT2D eigenvalue weighted by Gasteiger charge is -2.22. The van der Waals surface area contributed by atoms with E-state index < -0.39 is 23.7 Å². The van der Waals surface area contributed by atoms with Gasteiger partial charge in [0.25, 0.3) is 0 Å². The minimum atomic E-state index is -1.00.